The van der Waals surface area contributed by atoms with Crippen LogP contribution in [0.25, 0.3) is 0 Å². The van der Waals surface area contributed by atoms with E-state index in [2.05, 4.69) is 0 Å². The molecule has 1 rings (SSSR count). The molecule has 4 heteroatoms. The molecule has 1 aromatic carbocycles. The summed E-state index contributed by atoms with van der Waals surface area (Å²) >= 11 is 0. The van der Waals surface area contributed by atoms with Crippen molar-refractivity contribution in [2.75, 3.05) is 34.5 Å². The fourth-order valence-corrected chi connectivity index (χ4v) is 1.33. The number of ether oxygens (including phenoxy) is 4. The average molecular weight is 226 g/mol. The minimum Gasteiger partial charge on any atom is -0.497 e. The number of benzene rings is 1. The molecule has 0 aliphatic carbocycles. The molecular formula is C12H18O4. The molecular weight excluding hydrogens is 208 g/mol. The van der Waals surface area contributed by atoms with Gasteiger partial charge < -0.3 is 18.9 Å². The van der Waals surface area contributed by atoms with E-state index in [-0.39, 0.29) is 6.10 Å². The van der Waals surface area contributed by atoms with E-state index in [1.165, 1.54) is 0 Å². The lowest BCUT2D eigenvalue weighted by molar-refractivity contribution is 0.0245. The topological polar surface area (TPSA) is 36.9 Å². The van der Waals surface area contributed by atoms with Crippen LogP contribution in [0.5, 0.6) is 11.5 Å². The molecule has 0 amide bonds. The van der Waals surface area contributed by atoms with Gasteiger partial charge in [0.05, 0.1) is 20.3 Å². The maximum atomic E-state index is 5.69. The van der Waals surface area contributed by atoms with Gasteiger partial charge in [-0.15, -0.1) is 0 Å². The van der Waals surface area contributed by atoms with Gasteiger partial charge in [0, 0.05) is 14.2 Å². The lowest BCUT2D eigenvalue weighted by atomic mass is 10.3. The highest BCUT2D eigenvalue weighted by Crippen LogP contribution is 2.18. The minimum absolute atomic E-state index is 0.0941. The van der Waals surface area contributed by atoms with E-state index in [0.717, 1.165) is 11.5 Å². The largest absolute Gasteiger partial charge is 0.497 e. The van der Waals surface area contributed by atoms with Crippen molar-refractivity contribution in [2.24, 2.45) is 0 Å². The monoisotopic (exact) mass is 226 g/mol. The van der Waals surface area contributed by atoms with Crippen LogP contribution in [0.2, 0.25) is 0 Å². The molecule has 0 saturated carbocycles. The van der Waals surface area contributed by atoms with Crippen molar-refractivity contribution in [3.05, 3.63) is 24.3 Å². The van der Waals surface area contributed by atoms with Gasteiger partial charge in [-0.05, 0) is 24.3 Å². The molecule has 0 fully saturated rings. The smallest absolute Gasteiger partial charge is 0.145 e. The summed E-state index contributed by atoms with van der Waals surface area (Å²) in [4.78, 5) is 0. The predicted molar refractivity (Wildman–Crippen MR) is 61.2 cm³/mol. The fourth-order valence-electron chi connectivity index (χ4n) is 1.33. The number of hydrogen-bond donors (Lipinski definition) is 0. The lowest BCUT2D eigenvalue weighted by Gasteiger charge is -2.17. The van der Waals surface area contributed by atoms with E-state index >= 15 is 0 Å². The summed E-state index contributed by atoms with van der Waals surface area (Å²) in [6.07, 6.45) is -0.0941. The van der Waals surface area contributed by atoms with Crippen LogP contribution in [0, 0.1) is 0 Å². The van der Waals surface area contributed by atoms with Crippen LogP contribution >= 0.6 is 0 Å². The highest BCUT2D eigenvalue weighted by atomic mass is 16.6. The second-order valence-corrected chi connectivity index (χ2v) is 3.33. The second kappa shape index (κ2) is 7.09. The van der Waals surface area contributed by atoms with Gasteiger partial charge in [0.2, 0.25) is 0 Å². The predicted octanol–water partition coefficient (Wildman–Crippen LogP) is 1.74. The van der Waals surface area contributed by atoms with Crippen molar-refractivity contribution >= 4 is 0 Å². The summed E-state index contributed by atoms with van der Waals surface area (Å²) in [7, 11) is 4.91. The zero-order chi connectivity index (χ0) is 11.8. The van der Waals surface area contributed by atoms with Gasteiger partial charge in [-0.1, -0.05) is 0 Å². The van der Waals surface area contributed by atoms with Crippen molar-refractivity contribution in [1.82, 2.24) is 0 Å². The molecule has 16 heavy (non-hydrogen) atoms. The first-order valence-electron chi connectivity index (χ1n) is 5.08. The maximum absolute atomic E-state index is 5.69. The van der Waals surface area contributed by atoms with Crippen molar-refractivity contribution in [2.45, 2.75) is 6.10 Å². The fraction of sp³-hybridized carbons (Fsp3) is 0.500. The van der Waals surface area contributed by atoms with Crippen LogP contribution in [-0.4, -0.2) is 40.6 Å². The van der Waals surface area contributed by atoms with E-state index in [1.54, 1.807) is 21.3 Å². The Kier molecular flexibility index (Phi) is 5.67. The summed E-state index contributed by atoms with van der Waals surface area (Å²) in [5.74, 6) is 1.59. The average Bonchev–Trinajstić information content (AvgIpc) is 2.31. The highest BCUT2D eigenvalue weighted by Gasteiger charge is 2.09. The van der Waals surface area contributed by atoms with Gasteiger partial charge in [-0.3, -0.25) is 0 Å². The van der Waals surface area contributed by atoms with Crippen LogP contribution in [0.3, 0.4) is 0 Å². The van der Waals surface area contributed by atoms with Crippen LogP contribution < -0.4 is 9.47 Å². The van der Waals surface area contributed by atoms with Crippen molar-refractivity contribution in [3.8, 4) is 11.5 Å². The molecule has 0 aliphatic heterocycles. The Labute approximate surface area is 96.1 Å². The van der Waals surface area contributed by atoms with Crippen LogP contribution in [0.1, 0.15) is 0 Å². The van der Waals surface area contributed by atoms with E-state index in [1.807, 2.05) is 24.3 Å². The van der Waals surface area contributed by atoms with Crippen molar-refractivity contribution in [1.29, 1.82) is 0 Å². The molecule has 0 spiro atoms. The van der Waals surface area contributed by atoms with Crippen LogP contribution in [0.4, 0.5) is 0 Å². The lowest BCUT2D eigenvalue weighted by Crippen LogP contribution is -2.27. The maximum Gasteiger partial charge on any atom is 0.145 e. The summed E-state index contributed by atoms with van der Waals surface area (Å²) in [6, 6.07) is 7.42. The molecule has 4 nitrogen and oxygen atoms in total. The summed E-state index contributed by atoms with van der Waals surface area (Å²) in [6.45, 7) is 1.000. The Morgan fingerprint density at radius 2 is 1.38 bits per heavy atom. The van der Waals surface area contributed by atoms with E-state index in [9.17, 15) is 0 Å². The summed E-state index contributed by atoms with van der Waals surface area (Å²) < 4.78 is 20.8. The molecule has 1 aromatic rings. The SMILES string of the molecule is COCC(COC)Oc1ccc(OC)cc1. The molecule has 0 saturated heterocycles. The van der Waals surface area contributed by atoms with Gasteiger partial charge >= 0.3 is 0 Å². The van der Waals surface area contributed by atoms with Gasteiger partial charge in [0.25, 0.3) is 0 Å². The Morgan fingerprint density at radius 1 is 0.875 bits per heavy atom. The first-order valence-corrected chi connectivity index (χ1v) is 5.08. The van der Waals surface area contributed by atoms with Gasteiger partial charge in [-0.25, -0.2) is 0 Å². The van der Waals surface area contributed by atoms with Gasteiger partial charge in [-0.2, -0.15) is 0 Å². The quantitative estimate of drug-likeness (QED) is 0.709. The Morgan fingerprint density at radius 3 is 1.81 bits per heavy atom. The third-order valence-corrected chi connectivity index (χ3v) is 2.07. The summed E-state index contributed by atoms with van der Waals surface area (Å²) in [5, 5.41) is 0. The molecule has 0 aromatic heterocycles. The van der Waals surface area contributed by atoms with Gasteiger partial charge in [0.1, 0.15) is 17.6 Å². The zero-order valence-electron chi connectivity index (χ0n) is 9.93. The normalized spacial score (nSPS) is 10.5. The Balaban J connectivity index is 2.54. The third-order valence-electron chi connectivity index (χ3n) is 2.07. The zero-order valence-corrected chi connectivity index (χ0v) is 9.93. The Hall–Kier alpha value is -1.26. The Bertz CT molecular complexity index is 278. The molecule has 0 atom stereocenters. The highest BCUT2D eigenvalue weighted by molar-refractivity contribution is 5.31. The van der Waals surface area contributed by atoms with E-state index in [0.29, 0.717) is 13.2 Å². The van der Waals surface area contributed by atoms with E-state index in [4.69, 9.17) is 18.9 Å². The van der Waals surface area contributed by atoms with E-state index < -0.39 is 0 Å². The number of rotatable bonds is 7. The molecule has 90 valence electrons. The van der Waals surface area contributed by atoms with Crippen molar-refractivity contribution in [3.63, 3.8) is 0 Å². The molecule has 0 bridgehead atoms. The molecule has 0 heterocycles. The molecule has 0 aliphatic rings. The number of hydrogen-bond acceptors (Lipinski definition) is 4. The molecule has 0 N–H and O–H groups in total. The molecule has 0 unspecified atom stereocenters. The van der Waals surface area contributed by atoms with Crippen molar-refractivity contribution < 1.29 is 18.9 Å². The van der Waals surface area contributed by atoms with Crippen LogP contribution in [-0.2, 0) is 9.47 Å². The first kappa shape index (κ1) is 12.8. The van der Waals surface area contributed by atoms with Crippen LogP contribution in [0.15, 0.2) is 24.3 Å². The first-order chi connectivity index (χ1) is 7.80. The molecule has 0 radical (unpaired) electrons. The third kappa shape index (κ3) is 4.08. The van der Waals surface area contributed by atoms with Gasteiger partial charge in [0.15, 0.2) is 0 Å². The standard InChI is InChI=1S/C12H18O4/c1-13-8-12(9-14-2)16-11-6-4-10(15-3)5-7-11/h4-7,12H,8-9H2,1-3H3. The minimum atomic E-state index is -0.0941. The number of methoxy groups -OCH3 is 3. The second-order valence-electron chi connectivity index (χ2n) is 3.33. The summed E-state index contributed by atoms with van der Waals surface area (Å²) in [5.41, 5.74) is 0.